The molecular weight excluding hydrogens is 305 g/mol. The van der Waals surface area contributed by atoms with Crippen molar-refractivity contribution in [2.24, 2.45) is 5.92 Å². The Morgan fingerprint density at radius 2 is 2.29 bits per heavy atom. The summed E-state index contributed by atoms with van der Waals surface area (Å²) in [5.41, 5.74) is 0.272. The maximum absolute atomic E-state index is 12.3. The van der Waals surface area contributed by atoms with Crippen molar-refractivity contribution < 1.29 is 23.1 Å². The minimum atomic E-state index is -4.13. The van der Waals surface area contributed by atoms with E-state index in [-0.39, 0.29) is 11.5 Å². The lowest BCUT2D eigenvalue weighted by atomic mass is 10.1. The van der Waals surface area contributed by atoms with Gasteiger partial charge in [-0.05, 0) is 31.5 Å². The SMILES string of the molecule is O=C(O)c1csc(CNCC2CCN(CC(F)(F)F)C2)c1. The Balaban J connectivity index is 1.68. The predicted molar refractivity (Wildman–Crippen MR) is 73.6 cm³/mol. The molecule has 1 aromatic heterocycles. The number of alkyl halides is 3. The second kappa shape index (κ2) is 6.76. The lowest BCUT2D eigenvalue weighted by Gasteiger charge is -2.17. The summed E-state index contributed by atoms with van der Waals surface area (Å²) < 4.78 is 36.8. The second-order valence-electron chi connectivity index (χ2n) is 5.24. The molecule has 1 aromatic rings. The third-order valence-corrected chi connectivity index (χ3v) is 4.34. The summed E-state index contributed by atoms with van der Waals surface area (Å²) in [5.74, 6) is -0.734. The van der Waals surface area contributed by atoms with E-state index >= 15 is 0 Å². The van der Waals surface area contributed by atoms with Crippen LogP contribution in [-0.2, 0) is 6.54 Å². The molecule has 2 heterocycles. The molecule has 0 bridgehead atoms. The van der Waals surface area contributed by atoms with Crippen LogP contribution >= 0.6 is 11.3 Å². The first-order valence-corrected chi connectivity index (χ1v) is 7.52. The molecule has 1 atom stereocenters. The summed E-state index contributed by atoms with van der Waals surface area (Å²) in [7, 11) is 0. The van der Waals surface area contributed by atoms with Crippen molar-refractivity contribution in [1.82, 2.24) is 10.2 Å². The second-order valence-corrected chi connectivity index (χ2v) is 6.24. The number of carbonyl (C=O) groups is 1. The first kappa shape index (κ1) is 16.3. The van der Waals surface area contributed by atoms with Crippen molar-refractivity contribution in [2.75, 3.05) is 26.2 Å². The van der Waals surface area contributed by atoms with E-state index in [0.29, 0.717) is 26.2 Å². The topological polar surface area (TPSA) is 52.6 Å². The number of halogens is 3. The first-order valence-electron chi connectivity index (χ1n) is 6.64. The summed E-state index contributed by atoms with van der Waals surface area (Å²) in [4.78, 5) is 13.1. The minimum Gasteiger partial charge on any atom is -0.478 e. The zero-order valence-electron chi connectivity index (χ0n) is 11.3. The van der Waals surface area contributed by atoms with Crippen molar-refractivity contribution in [3.8, 4) is 0 Å². The fourth-order valence-corrected chi connectivity index (χ4v) is 3.29. The molecule has 0 saturated carbocycles. The molecule has 2 rings (SSSR count). The maximum Gasteiger partial charge on any atom is 0.401 e. The van der Waals surface area contributed by atoms with Gasteiger partial charge >= 0.3 is 12.1 Å². The lowest BCUT2D eigenvalue weighted by molar-refractivity contribution is -0.143. The predicted octanol–water partition coefficient (Wildman–Crippen LogP) is 2.42. The molecule has 21 heavy (non-hydrogen) atoms. The zero-order valence-corrected chi connectivity index (χ0v) is 12.1. The molecule has 1 fully saturated rings. The number of rotatable bonds is 6. The van der Waals surface area contributed by atoms with Gasteiger partial charge in [0.2, 0.25) is 0 Å². The molecule has 1 aliphatic rings. The summed E-state index contributed by atoms with van der Waals surface area (Å²) in [5, 5.41) is 13.6. The molecule has 2 N–H and O–H groups in total. The highest BCUT2D eigenvalue weighted by molar-refractivity contribution is 7.10. The largest absolute Gasteiger partial charge is 0.478 e. The number of aromatic carboxylic acids is 1. The Labute approximate surface area is 124 Å². The van der Waals surface area contributed by atoms with Crippen molar-refractivity contribution in [2.45, 2.75) is 19.1 Å². The lowest BCUT2D eigenvalue weighted by Crippen LogP contribution is -2.33. The summed E-state index contributed by atoms with van der Waals surface area (Å²) in [6, 6.07) is 1.62. The van der Waals surface area contributed by atoms with Gasteiger partial charge < -0.3 is 10.4 Å². The van der Waals surface area contributed by atoms with Gasteiger partial charge in [-0.25, -0.2) is 4.79 Å². The molecule has 4 nitrogen and oxygen atoms in total. The Hall–Kier alpha value is -1.12. The molecule has 1 saturated heterocycles. The number of likely N-dealkylation sites (tertiary alicyclic amines) is 1. The Kier molecular flexibility index (Phi) is 5.23. The quantitative estimate of drug-likeness (QED) is 0.844. The number of nitrogens with one attached hydrogen (secondary N) is 1. The van der Waals surface area contributed by atoms with Gasteiger partial charge in [0.25, 0.3) is 0 Å². The molecule has 0 aliphatic carbocycles. The van der Waals surface area contributed by atoms with Gasteiger partial charge in [-0.2, -0.15) is 13.2 Å². The van der Waals surface area contributed by atoms with E-state index in [9.17, 15) is 18.0 Å². The van der Waals surface area contributed by atoms with Crippen LogP contribution in [0.2, 0.25) is 0 Å². The molecule has 1 aliphatic heterocycles. The van der Waals surface area contributed by atoms with Crippen LogP contribution in [0.15, 0.2) is 11.4 Å². The molecule has 0 spiro atoms. The average Bonchev–Trinajstić information content (AvgIpc) is 2.97. The third kappa shape index (κ3) is 5.29. The number of carboxylic acid groups (broad SMARTS) is 1. The number of carboxylic acids is 1. The van der Waals surface area contributed by atoms with Gasteiger partial charge in [-0.15, -0.1) is 11.3 Å². The Morgan fingerprint density at radius 3 is 2.90 bits per heavy atom. The monoisotopic (exact) mass is 322 g/mol. The highest BCUT2D eigenvalue weighted by atomic mass is 32.1. The highest BCUT2D eigenvalue weighted by Gasteiger charge is 2.34. The van der Waals surface area contributed by atoms with Crippen molar-refractivity contribution in [1.29, 1.82) is 0 Å². The van der Waals surface area contributed by atoms with Crippen molar-refractivity contribution >= 4 is 17.3 Å². The Bertz CT molecular complexity index is 490. The van der Waals surface area contributed by atoms with E-state index in [1.165, 1.54) is 16.2 Å². The van der Waals surface area contributed by atoms with Gasteiger partial charge in [0.05, 0.1) is 12.1 Å². The van der Waals surface area contributed by atoms with Crippen molar-refractivity contribution in [3.63, 3.8) is 0 Å². The van der Waals surface area contributed by atoms with Crippen LogP contribution in [-0.4, -0.2) is 48.3 Å². The van der Waals surface area contributed by atoms with Crippen LogP contribution in [0, 0.1) is 5.92 Å². The van der Waals surface area contributed by atoms with Crippen LogP contribution in [0.4, 0.5) is 13.2 Å². The van der Waals surface area contributed by atoms with Crippen molar-refractivity contribution in [3.05, 3.63) is 21.9 Å². The van der Waals surface area contributed by atoms with E-state index in [1.807, 2.05) is 0 Å². The number of nitrogens with zero attached hydrogens (tertiary/aromatic N) is 1. The fraction of sp³-hybridized carbons (Fsp3) is 0.615. The normalized spacial score (nSPS) is 20.0. The van der Waals surface area contributed by atoms with Gasteiger partial charge in [0.15, 0.2) is 0 Å². The van der Waals surface area contributed by atoms with Crippen LogP contribution in [0.5, 0.6) is 0 Å². The average molecular weight is 322 g/mol. The van der Waals surface area contributed by atoms with E-state index in [0.717, 1.165) is 11.3 Å². The molecule has 8 heteroatoms. The van der Waals surface area contributed by atoms with E-state index in [1.54, 1.807) is 11.4 Å². The zero-order chi connectivity index (χ0) is 15.5. The Morgan fingerprint density at radius 1 is 1.52 bits per heavy atom. The number of hydrogen-bond donors (Lipinski definition) is 2. The van der Waals surface area contributed by atoms with Gasteiger partial charge in [0, 0.05) is 23.3 Å². The first-order chi connectivity index (χ1) is 9.83. The molecule has 118 valence electrons. The van der Waals surface area contributed by atoms with Crippen LogP contribution < -0.4 is 5.32 Å². The fourth-order valence-electron chi connectivity index (χ4n) is 2.46. The summed E-state index contributed by atoms with van der Waals surface area (Å²) >= 11 is 1.37. The molecule has 0 aromatic carbocycles. The summed E-state index contributed by atoms with van der Waals surface area (Å²) in [6.45, 7) is 1.30. The summed E-state index contributed by atoms with van der Waals surface area (Å²) in [6.07, 6.45) is -3.37. The van der Waals surface area contributed by atoms with Gasteiger partial charge in [-0.3, -0.25) is 4.90 Å². The molecule has 0 amide bonds. The third-order valence-electron chi connectivity index (χ3n) is 3.41. The number of hydrogen-bond acceptors (Lipinski definition) is 4. The smallest absolute Gasteiger partial charge is 0.401 e. The standard InChI is InChI=1S/C13H17F3N2O2S/c14-13(15,16)8-18-2-1-9(6-18)4-17-5-11-3-10(7-21-11)12(19)20/h3,7,9,17H,1-2,4-6,8H2,(H,19,20). The van der Waals surface area contributed by atoms with Gasteiger partial charge in [0.1, 0.15) is 0 Å². The minimum absolute atomic E-state index is 0.214. The van der Waals surface area contributed by atoms with E-state index < -0.39 is 18.7 Å². The van der Waals surface area contributed by atoms with Gasteiger partial charge in [-0.1, -0.05) is 0 Å². The van der Waals surface area contributed by atoms with E-state index in [2.05, 4.69) is 5.32 Å². The molecule has 0 radical (unpaired) electrons. The maximum atomic E-state index is 12.3. The van der Waals surface area contributed by atoms with Crippen LogP contribution in [0.25, 0.3) is 0 Å². The van der Waals surface area contributed by atoms with Crippen LogP contribution in [0.3, 0.4) is 0 Å². The molecule has 1 unspecified atom stereocenters. The number of thiophene rings is 1. The highest BCUT2D eigenvalue weighted by Crippen LogP contribution is 2.22. The van der Waals surface area contributed by atoms with E-state index in [4.69, 9.17) is 5.11 Å². The van der Waals surface area contributed by atoms with Crippen LogP contribution in [0.1, 0.15) is 21.7 Å². The molecular formula is C13H17F3N2O2S.